The molecule has 2 amide bonds. The molecule has 3 rings (SSSR count). The number of ether oxygens (including phenoxy) is 2. The first-order valence-electron chi connectivity index (χ1n) is 10.6. The maximum Gasteiger partial charge on any atom is 0.261 e. The number of hydrogen-bond acceptors (Lipinski definition) is 4. The number of likely N-dealkylation sites (N-methyl/N-ethyl adjacent to an activating group) is 1. The van der Waals surface area contributed by atoms with Crippen molar-refractivity contribution in [3.8, 4) is 11.5 Å². The second kappa shape index (κ2) is 11.9. The molecule has 0 aliphatic heterocycles. The Morgan fingerprint density at radius 1 is 0.939 bits per heavy atom. The first kappa shape index (κ1) is 24.1. The monoisotopic (exact) mass is 466 g/mol. The van der Waals surface area contributed by atoms with Crippen molar-refractivity contribution in [1.29, 1.82) is 0 Å². The second-order valence-electron chi connectivity index (χ2n) is 7.37. The summed E-state index contributed by atoms with van der Waals surface area (Å²) in [5.41, 5.74) is 1.68. The van der Waals surface area contributed by atoms with Gasteiger partial charge in [0.1, 0.15) is 6.04 Å². The van der Waals surface area contributed by atoms with Gasteiger partial charge in [-0.25, -0.2) is 0 Å². The summed E-state index contributed by atoms with van der Waals surface area (Å²) in [6.07, 6.45) is 0.353. The normalized spacial score (nSPS) is 11.4. The van der Waals surface area contributed by atoms with E-state index in [1.54, 1.807) is 31.3 Å². The van der Waals surface area contributed by atoms with Gasteiger partial charge in [-0.1, -0.05) is 72.3 Å². The third-order valence-corrected chi connectivity index (χ3v) is 5.60. The quantitative estimate of drug-likeness (QED) is 0.488. The van der Waals surface area contributed by atoms with Crippen LogP contribution in [0.1, 0.15) is 11.1 Å². The van der Waals surface area contributed by atoms with Crippen molar-refractivity contribution in [2.75, 3.05) is 20.8 Å². The summed E-state index contributed by atoms with van der Waals surface area (Å²) in [4.78, 5) is 27.9. The topological polar surface area (TPSA) is 67.9 Å². The molecule has 0 spiro atoms. The average molecular weight is 467 g/mol. The van der Waals surface area contributed by atoms with Crippen LogP contribution in [-0.2, 0) is 22.6 Å². The summed E-state index contributed by atoms with van der Waals surface area (Å²) in [7, 11) is 3.10. The lowest BCUT2D eigenvalue weighted by molar-refractivity contribution is -0.142. The Morgan fingerprint density at radius 3 is 2.24 bits per heavy atom. The number of carbonyl (C=O) groups excluding carboxylic acids is 2. The average Bonchev–Trinajstić information content (AvgIpc) is 2.86. The fraction of sp³-hybridized carbons (Fsp3) is 0.231. The zero-order valence-electron chi connectivity index (χ0n) is 18.7. The van der Waals surface area contributed by atoms with Gasteiger partial charge in [0.2, 0.25) is 5.91 Å². The lowest BCUT2D eigenvalue weighted by atomic mass is 10.0. The van der Waals surface area contributed by atoms with Gasteiger partial charge >= 0.3 is 0 Å². The van der Waals surface area contributed by atoms with Gasteiger partial charge in [0, 0.05) is 25.0 Å². The standard InChI is InChI=1S/C26H27ClN2O4/c1-28-26(31)22(16-19-10-4-3-5-11-19)29(17-20-12-6-7-13-21(20)27)25(30)18-33-24-15-9-8-14-23(24)32-2/h3-15,22H,16-18H2,1-2H3,(H,28,31)/t22-/m1/s1. The lowest BCUT2D eigenvalue weighted by Crippen LogP contribution is -2.51. The van der Waals surface area contributed by atoms with E-state index in [1.807, 2.05) is 54.6 Å². The molecule has 1 N–H and O–H groups in total. The van der Waals surface area contributed by atoms with Crippen LogP contribution in [0.15, 0.2) is 78.9 Å². The SMILES string of the molecule is CNC(=O)[C@@H](Cc1ccccc1)N(Cc1ccccc1Cl)C(=O)COc1ccccc1OC. The molecular weight excluding hydrogens is 440 g/mol. The highest BCUT2D eigenvalue weighted by molar-refractivity contribution is 6.31. The number of methoxy groups -OCH3 is 1. The van der Waals surface area contributed by atoms with Gasteiger partial charge < -0.3 is 19.7 Å². The molecule has 0 bridgehead atoms. The van der Waals surface area contributed by atoms with Crippen LogP contribution in [-0.4, -0.2) is 43.5 Å². The van der Waals surface area contributed by atoms with E-state index in [0.717, 1.165) is 11.1 Å². The van der Waals surface area contributed by atoms with Gasteiger partial charge in [-0.2, -0.15) is 0 Å². The lowest BCUT2D eigenvalue weighted by Gasteiger charge is -2.31. The van der Waals surface area contributed by atoms with Crippen molar-refractivity contribution in [2.24, 2.45) is 0 Å². The maximum absolute atomic E-state index is 13.4. The van der Waals surface area contributed by atoms with Crippen molar-refractivity contribution in [1.82, 2.24) is 10.2 Å². The van der Waals surface area contributed by atoms with Crippen molar-refractivity contribution >= 4 is 23.4 Å². The maximum atomic E-state index is 13.4. The predicted molar refractivity (Wildman–Crippen MR) is 128 cm³/mol. The minimum atomic E-state index is -0.748. The molecule has 0 saturated heterocycles. The highest BCUT2D eigenvalue weighted by atomic mass is 35.5. The largest absolute Gasteiger partial charge is 0.493 e. The Labute approximate surface area is 199 Å². The Bertz CT molecular complexity index is 1070. The summed E-state index contributed by atoms with van der Waals surface area (Å²) in [6.45, 7) is -0.0914. The third-order valence-electron chi connectivity index (χ3n) is 5.24. The van der Waals surface area contributed by atoms with E-state index < -0.39 is 6.04 Å². The van der Waals surface area contributed by atoms with Gasteiger partial charge in [0.05, 0.1) is 7.11 Å². The molecule has 1 atom stereocenters. The fourth-order valence-electron chi connectivity index (χ4n) is 3.49. The number of benzene rings is 3. The van der Waals surface area contributed by atoms with Gasteiger partial charge in [-0.3, -0.25) is 9.59 Å². The fourth-order valence-corrected chi connectivity index (χ4v) is 3.69. The number of amides is 2. The number of rotatable bonds is 10. The number of carbonyl (C=O) groups is 2. The zero-order valence-corrected chi connectivity index (χ0v) is 19.4. The van der Waals surface area contributed by atoms with Gasteiger partial charge in [-0.05, 0) is 29.3 Å². The molecule has 7 heteroatoms. The minimum Gasteiger partial charge on any atom is -0.493 e. The molecule has 0 radical (unpaired) electrons. The Balaban J connectivity index is 1.90. The van der Waals surface area contributed by atoms with Crippen LogP contribution >= 0.6 is 11.6 Å². The molecule has 0 aliphatic carbocycles. The first-order valence-corrected chi connectivity index (χ1v) is 11.0. The molecule has 3 aromatic rings. The summed E-state index contributed by atoms with van der Waals surface area (Å²) >= 11 is 6.38. The summed E-state index contributed by atoms with van der Waals surface area (Å²) < 4.78 is 11.1. The molecule has 33 heavy (non-hydrogen) atoms. The molecule has 0 unspecified atom stereocenters. The highest BCUT2D eigenvalue weighted by Crippen LogP contribution is 2.26. The van der Waals surface area contributed by atoms with Gasteiger partial charge in [0.15, 0.2) is 18.1 Å². The van der Waals surface area contributed by atoms with E-state index in [-0.39, 0.29) is 25.0 Å². The van der Waals surface area contributed by atoms with E-state index in [1.165, 1.54) is 12.0 Å². The summed E-state index contributed by atoms with van der Waals surface area (Å²) in [6, 6.07) is 23.2. The number of hydrogen-bond donors (Lipinski definition) is 1. The number of halogens is 1. The molecular formula is C26H27ClN2O4. The van der Waals surface area contributed by atoms with Crippen LogP contribution in [0, 0.1) is 0 Å². The van der Waals surface area contributed by atoms with Crippen molar-refractivity contribution in [3.05, 3.63) is 95.0 Å². The van der Waals surface area contributed by atoms with E-state index >= 15 is 0 Å². The van der Waals surface area contributed by atoms with Crippen molar-refractivity contribution in [2.45, 2.75) is 19.0 Å². The molecule has 0 saturated carbocycles. The van der Waals surface area contributed by atoms with Crippen molar-refractivity contribution < 1.29 is 19.1 Å². The Hall–Kier alpha value is -3.51. The second-order valence-corrected chi connectivity index (χ2v) is 7.78. The molecule has 0 aliphatic rings. The first-order chi connectivity index (χ1) is 16.0. The van der Waals surface area contributed by atoms with Crippen LogP contribution in [0.2, 0.25) is 5.02 Å². The van der Waals surface area contributed by atoms with Crippen LogP contribution in [0.3, 0.4) is 0 Å². The zero-order chi connectivity index (χ0) is 23.6. The minimum absolute atomic E-state index is 0.165. The van der Waals surface area contributed by atoms with Gasteiger partial charge in [0.25, 0.3) is 5.91 Å². The molecule has 0 heterocycles. The molecule has 0 fully saturated rings. The van der Waals surface area contributed by atoms with Crippen LogP contribution < -0.4 is 14.8 Å². The van der Waals surface area contributed by atoms with E-state index in [9.17, 15) is 9.59 Å². The van der Waals surface area contributed by atoms with Crippen molar-refractivity contribution in [3.63, 3.8) is 0 Å². The van der Waals surface area contributed by atoms with Crippen LogP contribution in [0.5, 0.6) is 11.5 Å². The smallest absolute Gasteiger partial charge is 0.261 e. The van der Waals surface area contributed by atoms with Crippen LogP contribution in [0.25, 0.3) is 0 Å². The van der Waals surface area contributed by atoms with E-state index in [0.29, 0.717) is 22.9 Å². The van der Waals surface area contributed by atoms with E-state index in [2.05, 4.69) is 5.32 Å². The molecule has 0 aromatic heterocycles. The number of nitrogens with one attached hydrogen (secondary N) is 1. The summed E-state index contributed by atoms with van der Waals surface area (Å²) in [5, 5.41) is 3.21. The Kier molecular flexibility index (Phi) is 8.72. The molecule has 6 nitrogen and oxygen atoms in total. The highest BCUT2D eigenvalue weighted by Gasteiger charge is 2.30. The third kappa shape index (κ3) is 6.49. The Morgan fingerprint density at radius 2 is 1.58 bits per heavy atom. The van der Waals surface area contributed by atoms with Crippen LogP contribution in [0.4, 0.5) is 0 Å². The number of nitrogens with zero attached hydrogens (tertiary/aromatic N) is 1. The predicted octanol–water partition coefficient (Wildman–Crippen LogP) is 4.11. The molecule has 172 valence electrons. The van der Waals surface area contributed by atoms with Gasteiger partial charge in [-0.15, -0.1) is 0 Å². The molecule has 3 aromatic carbocycles. The summed E-state index contributed by atoms with van der Waals surface area (Å²) in [5.74, 6) is 0.364. The number of para-hydroxylation sites is 2. The van der Waals surface area contributed by atoms with E-state index in [4.69, 9.17) is 21.1 Å².